The lowest BCUT2D eigenvalue weighted by molar-refractivity contribution is -0.118. The molecule has 0 radical (unpaired) electrons. The van der Waals surface area contributed by atoms with E-state index in [0.29, 0.717) is 24.1 Å². The first-order chi connectivity index (χ1) is 8.06. The molecule has 4 nitrogen and oxygen atoms in total. The quantitative estimate of drug-likeness (QED) is 0.840. The normalized spacial score (nSPS) is 18.4. The number of carbonyl (C=O) groups excluding carboxylic acids is 1. The van der Waals surface area contributed by atoms with E-state index >= 15 is 0 Å². The highest BCUT2D eigenvalue weighted by atomic mass is 35.5. The molecule has 1 aliphatic heterocycles. The Hall–Kier alpha value is -1.64. The molecule has 2 N–H and O–H groups in total. The van der Waals surface area contributed by atoms with E-state index in [0.717, 1.165) is 0 Å². The molecular weight excluding hydrogens is 257 g/mol. The number of rotatable bonds is 1. The summed E-state index contributed by atoms with van der Waals surface area (Å²) in [5, 5.41) is 8.89. The smallest absolute Gasteiger partial charge is 0.244 e. The lowest BCUT2D eigenvalue weighted by Gasteiger charge is -2.20. The molecular formula is C12H13ClFN3O. The Kier molecular flexibility index (Phi) is 4.28. The van der Waals surface area contributed by atoms with Crippen molar-refractivity contribution >= 4 is 24.0 Å². The second-order valence-electron chi connectivity index (χ2n) is 4.07. The number of hydrogen-bond donors (Lipinski definition) is 1. The van der Waals surface area contributed by atoms with Gasteiger partial charge in [0.1, 0.15) is 5.82 Å². The lowest BCUT2D eigenvalue weighted by Crippen LogP contribution is -2.34. The molecule has 1 aromatic rings. The third-order valence-corrected chi connectivity index (χ3v) is 3.02. The average molecular weight is 270 g/mol. The summed E-state index contributed by atoms with van der Waals surface area (Å²) < 4.78 is 13.8. The van der Waals surface area contributed by atoms with Crippen LogP contribution < -0.4 is 10.6 Å². The SMILES string of the molecule is Cc1c(C#N)ccc(F)c1N1CC[C@H](N)C1=O.Cl. The monoisotopic (exact) mass is 269 g/mol. The molecule has 2 rings (SSSR count). The third-order valence-electron chi connectivity index (χ3n) is 3.02. The maximum atomic E-state index is 13.8. The fourth-order valence-corrected chi connectivity index (χ4v) is 2.04. The zero-order valence-corrected chi connectivity index (χ0v) is 10.6. The maximum Gasteiger partial charge on any atom is 0.244 e. The molecule has 18 heavy (non-hydrogen) atoms. The first-order valence-electron chi connectivity index (χ1n) is 5.32. The van der Waals surface area contributed by atoms with Crippen LogP contribution in [0.3, 0.4) is 0 Å². The standard InChI is InChI=1S/C12H12FN3O.ClH/c1-7-8(6-14)2-3-9(13)11(7)16-5-4-10(15)12(16)17;/h2-3,10H,4-5,15H2,1H3;1H/t10-;/m0./s1. The minimum absolute atomic E-state index is 0. The van der Waals surface area contributed by atoms with E-state index in [-0.39, 0.29) is 24.0 Å². The Labute approximate surface area is 111 Å². The second kappa shape index (κ2) is 5.34. The van der Waals surface area contributed by atoms with Gasteiger partial charge in [-0.25, -0.2) is 4.39 Å². The van der Waals surface area contributed by atoms with Crippen molar-refractivity contribution in [3.05, 3.63) is 29.1 Å². The number of nitrogens with zero attached hydrogens (tertiary/aromatic N) is 2. The highest BCUT2D eigenvalue weighted by Gasteiger charge is 2.32. The fourth-order valence-electron chi connectivity index (χ4n) is 2.04. The molecule has 0 aromatic heterocycles. The molecule has 0 spiro atoms. The van der Waals surface area contributed by atoms with Crippen LogP contribution in [-0.2, 0) is 4.79 Å². The van der Waals surface area contributed by atoms with E-state index in [1.165, 1.54) is 17.0 Å². The summed E-state index contributed by atoms with van der Waals surface area (Å²) in [5.41, 5.74) is 6.63. The van der Waals surface area contributed by atoms with E-state index in [9.17, 15) is 9.18 Å². The van der Waals surface area contributed by atoms with Crippen LogP contribution in [0.1, 0.15) is 17.5 Å². The molecule has 0 unspecified atom stereocenters. The third kappa shape index (κ3) is 2.17. The molecule has 1 atom stereocenters. The number of anilines is 1. The van der Waals surface area contributed by atoms with Crippen LogP contribution >= 0.6 is 12.4 Å². The van der Waals surface area contributed by atoms with Gasteiger partial charge < -0.3 is 10.6 Å². The van der Waals surface area contributed by atoms with Crippen molar-refractivity contribution in [1.82, 2.24) is 0 Å². The van der Waals surface area contributed by atoms with Gasteiger partial charge in [-0.05, 0) is 31.0 Å². The van der Waals surface area contributed by atoms with Crippen molar-refractivity contribution in [2.24, 2.45) is 5.73 Å². The Morgan fingerprint density at radius 1 is 1.56 bits per heavy atom. The topological polar surface area (TPSA) is 70.1 Å². The van der Waals surface area contributed by atoms with Crippen molar-refractivity contribution in [2.45, 2.75) is 19.4 Å². The lowest BCUT2D eigenvalue weighted by atomic mass is 10.1. The van der Waals surface area contributed by atoms with Crippen LogP contribution in [0.15, 0.2) is 12.1 Å². The van der Waals surface area contributed by atoms with E-state index < -0.39 is 11.9 Å². The van der Waals surface area contributed by atoms with Gasteiger partial charge in [0.05, 0.1) is 23.4 Å². The van der Waals surface area contributed by atoms with Crippen molar-refractivity contribution in [3.8, 4) is 6.07 Å². The van der Waals surface area contributed by atoms with Gasteiger partial charge in [-0.1, -0.05) is 0 Å². The minimum atomic E-state index is -0.570. The number of hydrogen-bond acceptors (Lipinski definition) is 3. The number of benzene rings is 1. The molecule has 1 aliphatic rings. The van der Waals surface area contributed by atoms with Crippen LogP contribution in [0.4, 0.5) is 10.1 Å². The number of carbonyl (C=O) groups is 1. The molecule has 1 saturated heterocycles. The Morgan fingerprint density at radius 3 is 2.72 bits per heavy atom. The van der Waals surface area contributed by atoms with Crippen LogP contribution in [0.2, 0.25) is 0 Å². The highest BCUT2D eigenvalue weighted by Crippen LogP contribution is 2.29. The van der Waals surface area contributed by atoms with Crippen molar-refractivity contribution in [1.29, 1.82) is 5.26 Å². The summed E-state index contributed by atoms with van der Waals surface area (Å²) in [6.07, 6.45) is 0.508. The molecule has 96 valence electrons. The molecule has 6 heteroatoms. The first kappa shape index (κ1) is 14.4. The van der Waals surface area contributed by atoms with E-state index in [1.807, 2.05) is 6.07 Å². The van der Waals surface area contributed by atoms with Crippen LogP contribution in [0.5, 0.6) is 0 Å². The molecule has 1 aromatic carbocycles. The van der Waals surface area contributed by atoms with Crippen molar-refractivity contribution in [3.63, 3.8) is 0 Å². The highest BCUT2D eigenvalue weighted by molar-refractivity contribution is 6.00. The Bertz CT molecular complexity index is 527. The Balaban J connectivity index is 0.00000162. The summed E-state index contributed by atoms with van der Waals surface area (Å²) in [6.45, 7) is 2.03. The van der Waals surface area contributed by atoms with Gasteiger partial charge in [0.25, 0.3) is 0 Å². The fraction of sp³-hybridized carbons (Fsp3) is 0.333. The summed E-state index contributed by atoms with van der Waals surface area (Å²) in [5.74, 6) is -0.786. The molecule has 0 aliphatic carbocycles. The van der Waals surface area contributed by atoms with Crippen LogP contribution in [-0.4, -0.2) is 18.5 Å². The van der Waals surface area contributed by atoms with Gasteiger partial charge in [-0.2, -0.15) is 5.26 Å². The van der Waals surface area contributed by atoms with Gasteiger partial charge in [0.15, 0.2) is 0 Å². The largest absolute Gasteiger partial charge is 0.320 e. The maximum absolute atomic E-state index is 13.8. The molecule has 1 heterocycles. The van der Waals surface area contributed by atoms with Crippen molar-refractivity contribution in [2.75, 3.05) is 11.4 Å². The number of amides is 1. The van der Waals surface area contributed by atoms with Gasteiger partial charge in [0, 0.05) is 6.54 Å². The van der Waals surface area contributed by atoms with Gasteiger partial charge in [-0.15, -0.1) is 12.4 Å². The number of nitrogens with two attached hydrogens (primary N) is 1. The number of halogens is 2. The van der Waals surface area contributed by atoms with E-state index in [1.54, 1.807) is 6.92 Å². The van der Waals surface area contributed by atoms with Crippen molar-refractivity contribution < 1.29 is 9.18 Å². The Morgan fingerprint density at radius 2 is 2.22 bits per heavy atom. The zero-order chi connectivity index (χ0) is 12.6. The number of nitriles is 1. The van der Waals surface area contributed by atoms with E-state index in [4.69, 9.17) is 11.0 Å². The predicted octanol–water partition coefficient (Wildman–Crippen LogP) is 1.49. The zero-order valence-electron chi connectivity index (χ0n) is 9.81. The summed E-state index contributed by atoms with van der Waals surface area (Å²) >= 11 is 0. The molecule has 1 fully saturated rings. The van der Waals surface area contributed by atoms with Crippen LogP contribution in [0, 0.1) is 24.1 Å². The average Bonchev–Trinajstić information content (AvgIpc) is 2.62. The minimum Gasteiger partial charge on any atom is -0.320 e. The molecule has 1 amide bonds. The summed E-state index contributed by atoms with van der Waals surface area (Å²) in [4.78, 5) is 13.1. The molecule has 0 saturated carbocycles. The van der Waals surface area contributed by atoms with E-state index in [2.05, 4.69) is 0 Å². The molecule has 0 bridgehead atoms. The van der Waals surface area contributed by atoms with Crippen LogP contribution in [0.25, 0.3) is 0 Å². The van der Waals surface area contributed by atoms with Gasteiger partial charge >= 0.3 is 0 Å². The van der Waals surface area contributed by atoms with Gasteiger partial charge in [-0.3, -0.25) is 4.79 Å². The first-order valence-corrected chi connectivity index (χ1v) is 5.32. The second-order valence-corrected chi connectivity index (χ2v) is 4.07. The summed E-state index contributed by atoms with van der Waals surface area (Å²) in [7, 11) is 0. The van der Waals surface area contributed by atoms with Gasteiger partial charge in [0.2, 0.25) is 5.91 Å². The predicted molar refractivity (Wildman–Crippen MR) is 68.0 cm³/mol. The summed E-state index contributed by atoms with van der Waals surface area (Å²) in [6, 6.07) is 4.02.